The van der Waals surface area contributed by atoms with Gasteiger partial charge in [-0.25, -0.2) is 17.8 Å². The van der Waals surface area contributed by atoms with Gasteiger partial charge in [-0.15, -0.1) is 21.5 Å². The van der Waals surface area contributed by atoms with E-state index in [0.29, 0.717) is 0 Å². The van der Waals surface area contributed by atoms with Gasteiger partial charge in [0.1, 0.15) is 22.8 Å². The van der Waals surface area contributed by atoms with E-state index in [0.717, 1.165) is 24.3 Å². The molecule has 4 rings (SSSR count). The van der Waals surface area contributed by atoms with Crippen molar-refractivity contribution in [3.63, 3.8) is 0 Å². The second-order valence-corrected chi connectivity index (χ2v) is 14.3. The molecule has 11 nitrogen and oxygen atoms in total. The van der Waals surface area contributed by atoms with Crippen molar-refractivity contribution >= 4 is 56.4 Å². The summed E-state index contributed by atoms with van der Waals surface area (Å²) in [7, 11) is -4.80. The van der Waals surface area contributed by atoms with E-state index >= 15 is 0 Å². The van der Waals surface area contributed by atoms with Crippen LogP contribution in [0.5, 0.6) is 0 Å². The van der Waals surface area contributed by atoms with E-state index in [1.807, 2.05) is 0 Å². The fourth-order valence-corrected chi connectivity index (χ4v) is 7.59. The molecule has 0 radical (unpaired) electrons. The second-order valence-electron chi connectivity index (χ2n) is 10.9. The lowest BCUT2D eigenvalue weighted by Gasteiger charge is -2.28. The Balaban J connectivity index is 1.78. The summed E-state index contributed by atoms with van der Waals surface area (Å²) in [6.45, 7) is 4.28. The first-order valence-corrected chi connectivity index (χ1v) is 16.5. The van der Waals surface area contributed by atoms with Gasteiger partial charge in [0.15, 0.2) is 5.01 Å². The Hall–Kier alpha value is -2.86. The second kappa shape index (κ2) is 13.1. The molecule has 0 spiro atoms. The summed E-state index contributed by atoms with van der Waals surface area (Å²) >= 11 is 13.7. The molecule has 45 heavy (non-hydrogen) atoms. The number of alkyl halides is 4. The molecule has 1 aromatic carbocycles. The van der Waals surface area contributed by atoms with Crippen LogP contribution in [0.1, 0.15) is 56.4 Å². The number of aromatic nitrogens is 3. The van der Waals surface area contributed by atoms with E-state index in [-0.39, 0.29) is 70.3 Å². The van der Waals surface area contributed by atoms with Gasteiger partial charge >= 0.3 is 12.1 Å². The maximum absolute atomic E-state index is 13.8. The molecule has 0 aliphatic carbocycles. The lowest BCUT2D eigenvalue weighted by molar-refractivity contribution is -0.151. The van der Waals surface area contributed by atoms with E-state index in [9.17, 15) is 40.7 Å². The minimum Gasteiger partial charge on any atom is -0.481 e. The number of carboxylic acid groups (broad SMARTS) is 1. The quantitative estimate of drug-likeness (QED) is 0.240. The molecule has 1 fully saturated rings. The Kier molecular flexibility index (Phi) is 10.2. The molecule has 0 bridgehead atoms. The number of halogens is 6. The lowest BCUT2D eigenvalue weighted by atomic mass is 9.90. The molecular weight excluding hydrogens is 689 g/mol. The summed E-state index contributed by atoms with van der Waals surface area (Å²) in [6.07, 6.45) is -6.42. The Morgan fingerprint density at radius 2 is 1.82 bits per heavy atom. The minimum absolute atomic E-state index is 0.0144. The van der Waals surface area contributed by atoms with Crippen LogP contribution in [0.4, 0.5) is 17.6 Å². The molecule has 1 aliphatic rings. The van der Waals surface area contributed by atoms with E-state index in [4.69, 9.17) is 27.6 Å². The Labute approximate surface area is 269 Å². The van der Waals surface area contributed by atoms with E-state index < -0.39 is 62.0 Å². The number of benzene rings is 1. The number of sulfonamides is 1. The molecule has 1 saturated heterocycles. The fourth-order valence-electron chi connectivity index (χ4n) is 4.35. The third kappa shape index (κ3) is 7.59. The van der Waals surface area contributed by atoms with Crippen molar-refractivity contribution in [2.24, 2.45) is 5.41 Å². The zero-order chi connectivity index (χ0) is 33.5. The number of hydrogen-bond donors (Lipinski definition) is 2. The van der Waals surface area contributed by atoms with Crippen LogP contribution >= 0.6 is 34.5 Å². The minimum atomic E-state index is -4.86. The zero-order valence-corrected chi connectivity index (χ0v) is 27.1. The van der Waals surface area contributed by atoms with Crippen LogP contribution in [0.3, 0.4) is 0 Å². The normalized spacial score (nSPS) is 15.8. The van der Waals surface area contributed by atoms with Gasteiger partial charge in [0.25, 0.3) is 11.8 Å². The SMILES string of the molecule is CC[C@H](NS(=O)(=O)c1ccc(-c2sc(-c3nnc(CC(C)(C)C(=O)O)o3)nc2C(=O)N2CCC(F)CC2)c(Cl)c1Cl)C(F)(F)F. The number of thiazole rings is 1. The van der Waals surface area contributed by atoms with Gasteiger partial charge in [-0.1, -0.05) is 36.2 Å². The van der Waals surface area contributed by atoms with Crippen LogP contribution in [0, 0.1) is 5.41 Å². The van der Waals surface area contributed by atoms with Crippen molar-refractivity contribution < 1.29 is 45.1 Å². The van der Waals surface area contributed by atoms with Crippen molar-refractivity contribution in [1.29, 1.82) is 0 Å². The number of nitrogens with one attached hydrogen (secondary N) is 1. The summed E-state index contributed by atoms with van der Waals surface area (Å²) in [5.41, 5.74) is -1.38. The number of hydrogen-bond acceptors (Lipinski definition) is 9. The third-order valence-electron chi connectivity index (χ3n) is 7.05. The predicted octanol–water partition coefficient (Wildman–Crippen LogP) is 6.01. The van der Waals surface area contributed by atoms with Gasteiger partial charge in [-0.3, -0.25) is 9.59 Å². The Morgan fingerprint density at radius 3 is 2.40 bits per heavy atom. The summed E-state index contributed by atoms with van der Waals surface area (Å²) in [6, 6.07) is -0.247. The molecule has 1 amide bonds. The van der Waals surface area contributed by atoms with Crippen LogP contribution in [0.25, 0.3) is 21.3 Å². The van der Waals surface area contributed by atoms with Gasteiger partial charge in [0.2, 0.25) is 15.9 Å². The molecule has 2 N–H and O–H groups in total. The number of carboxylic acids is 1. The first-order valence-electron chi connectivity index (χ1n) is 13.4. The number of amides is 1. The highest BCUT2D eigenvalue weighted by Gasteiger charge is 2.42. The van der Waals surface area contributed by atoms with Crippen LogP contribution in [-0.4, -0.2) is 77.0 Å². The number of aliphatic carboxylic acids is 1. The maximum Gasteiger partial charge on any atom is 0.404 e. The number of piperidine rings is 1. The summed E-state index contributed by atoms with van der Waals surface area (Å²) in [4.78, 5) is 30.3. The highest BCUT2D eigenvalue weighted by atomic mass is 35.5. The monoisotopic (exact) mass is 715 g/mol. The third-order valence-corrected chi connectivity index (χ3v) is 10.6. The van der Waals surface area contributed by atoms with Crippen molar-refractivity contribution in [2.45, 2.75) is 69.7 Å². The smallest absolute Gasteiger partial charge is 0.404 e. The summed E-state index contributed by atoms with van der Waals surface area (Å²) < 4.78 is 86.7. The average molecular weight is 717 g/mol. The molecular formula is C26H27Cl2F4N5O6S2. The standard InChI is InChI=1S/C26H27Cl2F4N5O6S2/c1-4-15(26(30,31)32)36-45(41,42)14-6-5-13(17(27)18(14)28)20-19(23(38)37-9-7-12(29)8-10-37)33-22(44-20)21-35-34-16(43-21)11-25(2,3)24(39)40/h5-6,12,15,36H,4,7-11H2,1-3H3,(H,39,40)/t15-/m0/s1. The molecule has 0 unspecified atom stereocenters. The van der Waals surface area contributed by atoms with Gasteiger partial charge in [0.05, 0.1) is 20.3 Å². The highest BCUT2D eigenvalue weighted by molar-refractivity contribution is 7.89. The van der Waals surface area contributed by atoms with E-state index in [1.165, 1.54) is 24.8 Å². The molecule has 3 aromatic rings. The van der Waals surface area contributed by atoms with Gasteiger partial charge in [-0.2, -0.15) is 17.9 Å². The number of nitrogens with zero attached hydrogens (tertiary/aromatic N) is 4. The number of carbonyl (C=O) groups excluding carboxylic acids is 1. The molecule has 0 saturated carbocycles. The fraction of sp³-hybridized carbons (Fsp3) is 0.500. The van der Waals surface area contributed by atoms with Crippen molar-refractivity contribution in [2.75, 3.05) is 13.1 Å². The van der Waals surface area contributed by atoms with Crippen molar-refractivity contribution in [3.8, 4) is 21.3 Å². The molecule has 19 heteroatoms. The van der Waals surface area contributed by atoms with Crippen LogP contribution in [0.15, 0.2) is 21.4 Å². The average Bonchev–Trinajstić information content (AvgIpc) is 3.59. The van der Waals surface area contributed by atoms with Crippen LogP contribution in [-0.2, 0) is 21.2 Å². The lowest BCUT2D eigenvalue weighted by Crippen LogP contribution is -2.44. The van der Waals surface area contributed by atoms with Crippen LogP contribution < -0.4 is 4.72 Å². The molecule has 2 aromatic heterocycles. The molecule has 246 valence electrons. The topological polar surface area (TPSA) is 156 Å². The van der Waals surface area contributed by atoms with Gasteiger partial charge in [0, 0.05) is 25.1 Å². The Morgan fingerprint density at radius 1 is 1.18 bits per heavy atom. The zero-order valence-electron chi connectivity index (χ0n) is 23.9. The Bertz CT molecular complexity index is 1710. The van der Waals surface area contributed by atoms with Crippen molar-refractivity contribution in [1.82, 2.24) is 24.8 Å². The van der Waals surface area contributed by atoms with Crippen LogP contribution in [0.2, 0.25) is 10.0 Å². The summed E-state index contributed by atoms with van der Waals surface area (Å²) in [5.74, 6) is -1.87. The van der Waals surface area contributed by atoms with E-state index in [1.54, 1.807) is 4.72 Å². The van der Waals surface area contributed by atoms with E-state index in [2.05, 4.69) is 15.2 Å². The number of likely N-dealkylation sites (tertiary alicyclic amines) is 1. The largest absolute Gasteiger partial charge is 0.481 e. The molecule has 3 heterocycles. The van der Waals surface area contributed by atoms with Gasteiger partial charge < -0.3 is 14.4 Å². The molecule has 1 atom stereocenters. The van der Waals surface area contributed by atoms with Gasteiger partial charge in [-0.05, 0) is 39.2 Å². The first-order chi connectivity index (χ1) is 20.9. The van der Waals surface area contributed by atoms with Crippen molar-refractivity contribution in [3.05, 3.63) is 33.8 Å². The first kappa shape index (κ1) is 35.0. The number of rotatable bonds is 10. The number of carbonyl (C=O) groups is 2. The maximum atomic E-state index is 13.8. The molecule has 1 aliphatic heterocycles. The predicted molar refractivity (Wildman–Crippen MR) is 156 cm³/mol. The summed E-state index contributed by atoms with van der Waals surface area (Å²) in [5, 5.41) is 16.3. The highest BCUT2D eigenvalue weighted by Crippen LogP contribution is 2.44.